The van der Waals surface area contributed by atoms with Crippen molar-refractivity contribution in [3.63, 3.8) is 0 Å². The Morgan fingerprint density at radius 3 is 2.29 bits per heavy atom. The zero-order valence-electron chi connectivity index (χ0n) is 11.8. The molecule has 0 unspecified atom stereocenters. The van der Waals surface area contributed by atoms with Gasteiger partial charge in [0.2, 0.25) is 11.8 Å². The molecule has 1 aromatic carbocycles. The lowest BCUT2D eigenvalue weighted by atomic mass is 10.1. The van der Waals surface area contributed by atoms with Gasteiger partial charge in [-0.3, -0.25) is 0 Å². The molecule has 2 rings (SSSR count). The molecule has 0 saturated heterocycles. The number of aromatic carboxylic acids is 1. The Labute approximate surface area is 126 Å². The first-order valence-electron chi connectivity index (χ1n) is 6.02. The van der Waals surface area contributed by atoms with Crippen LogP contribution in [0.4, 0.5) is 0 Å². The standard InChI is InChI=1S/C14H14N2O4S/c1-8-4-5-9(6-10(8)13(17)18)21-14-15-11(19-2)7-12(16-14)20-3/h4-7H,1-3H3,(H,17,18). The van der Waals surface area contributed by atoms with Crippen LogP contribution in [0.3, 0.4) is 0 Å². The summed E-state index contributed by atoms with van der Waals surface area (Å²) in [5.41, 5.74) is 0.964. The number of aromatic nitrogens is 2. The van der Waals surface area contributed by atoms with Gasteiger partial charge in [-0.1, -0.05) is 6.07 Å². The zero-order chi connectivity index (χ0) is 15.4. The van der Waals surface area contributed by atoms with Crippen LogP contribution in [-0.4, -0.2) is 35.3 Å². The van der Waals surface area contributed by atoms with Crippen LogP contribution in [0.1, 0.15) is 15.9 Å². The van der Waals surface area contributed by atoms with Crippen LogP contribution < -0.4 is 9.47 Å². The van der Waals surface area contributed by atoms with E-state index in [9.17, 15) is 4.79 Å². The lowest BCUT2D eigenvalue weighted by Gasteiger charge is -2.07. The SMILES string of the molecule is COc1cc(OC)nc(Sc2ccc(C)c(C(=O)O)c2)n1. The fourth-order valence-corrected chi connectivity index (χ4v) is 2.43. The average molecular weight is 306 g/mol. The van der Waals surface area contributed by atoms with Gasteiger partial charge in [-0.25, -0.2) is 4.79 Å². The molecule has 6 nitrogen and oxygen atoms in total. The minimum atomic E-state index is -0.959. The Kier molecular flexibility index (Phi) is 4.64. The molecule has 0 bridgehead atoms. The summed E-state index contributed by atoms with van der Waals surface area (Å²) in [6, 6.07) is 6.74. The number of benzene rings is 1. The lowest BCUT2D eigenvalue weighted by molar-refractivity contribution is 0.0696. The number of nitrogens with zero attached hydrogens (tertiary/aromatic N) is 2. The largest absolute Gasteiger partial charge is 0.481 e. The molecule has 21 heavy (non-hydrogen) atoms. The van der Waals surface area contributed by atoms with Crippen LogP contribution in [0.15, 0.2) is 34.3 Å². The van der Waals surface area contributed by atoms with Crippen molar-refractivity contribution in [1.82, 2.24) is 9.97 Å². The van der Waals surface area contributed by atoms with E-state index in [0.717, 1.165) is 4.90 Å². The normalized spacial score (nSPS) is 10.2. The quantitative estimate of drug-likeness (QED) is 0.850. The van der Waals surface area contributed by atoms with E-state index < -0.39 is 5.97 Å². The highest BCUT2D eigenvalue weighted by molar-refractivity contribution is 7.99. The van der Waals surface area contributed by atoms with Gasteiger partial charge in [-0.05, 0) is 36.4 Å². The van der Waals surface area contributed by atoms with Crippen molar-refractivity contribution in [3.8, 4) is 11.8 Å². The third-order valence-corrected chi connectivity index (χ3v) is 3.58. The predicted molar refractivity (Wildman–Crippen MR) is 77.4 cm³/mol. The smallest absolute Gasteiger partial charge is 0.335 e. The first-order chi connectivity index (χ1) is 10.0. The van der Waals surface area contributed by atoms with E-state index in [1.807, 2.05) is 6.07 Å². The van der Waals surface area contributed by atoms with Crippen LogP contribution >= 0.6 is 11.8 Å². The van der Waals surface area contributed by atoms with E-state index in [1.165, 1.54) is 26.0 Å². The average Bonchev–Trinajstić information content (AvgIpc) is 2.48. The van der Waals surface area contributed by atoms with Crippen LogP contribution in [0.2, 0.25) is 0 Å². The molecule has 7 heteroatoms. The van der Waals surface area contributed by atoms with Crippen molar-refractivity contribution in [2.45, 2.75) is 17.0 Å². The summed E-state index contributed by atoms with van der Waals surface area (Å²) in [5.74, 6) is -0.191. The van der Waals surface area contributed by atoms with Crippen molar-refractivity contribution in [2.24, 2.45) is 0 Å². The Morgan fingerprint density at radius 1 is 1.14 bits per heavy atom. The monoisotopic (exact) mass is 306 g/mol. The van der Waals surface area contributed by atoms with Crippen molar-refractivity contribution in [2.75, 3.05) is 14.2 Å². The topological polar surface area (TPSA) is 81.5 Å². The van der Waals surface area contributed by atoms with E-state index >= 15 is 0 Å². The summed E-state index contributed by atoms with van der Waals surface area (Å²) in [6.07, 6.45) is 0. The summed E-state index contributed by atoms with van der Waals surface area (Å²) in [6.45, 7) is 1.75. The summed E-state index contributed by atoms with van der Waals surface area (Å²) < 4.78 is 10.2. The number of hydrogen-bond acceptors (Lipinski definition) is 6. The molecule has 2 aromatic rings. The lowest BCUT2D eigenvalue weighted by Crippen LogP contribution is -2.00. The maximum Gasteiger partial charge on any atom is 0.335 e. The molecule has 0 atom stereocenters. The maximum atomic E-state index is 11.1. The van der Waals surface area contributed by atoms with Gasteiger partial charge in [0.15, 0.2) is 5.16 Å². The van der Waals surface area contributed by atoms with Gasteiger partial charge in [-0.2, -0.15) is 9.97 Å². The molecule has 1 N–H and O–H groups in total. The van der Waals surface area contributed by atoms with Crippen LogP contribution in [-0.2, 0) is 0 Å². The summed E-state index contributed by atoms with van der Waals surface area (Å²) in [5, 5.41) is 9.56. The third-order valence-electron chi connectivity index (χ3n) is 2.73. The Bertz CT molecular complexity index is 654. The third kappa shape index (κ3) is 3.63. The number of carboxylic acids is 1. The first-order valence-corrected chi connectivity index (χ1v) is 6.84. The number of carbonyl (C=O) groups is 1. The highest BCUT2D eigenvalue weighted by atomic mass is 32.2. The van der Waals surface area contributed by atoms with Gasteiger partial charge < -0.3 is 14.6 Å². The Hall–Kier alpha value is -2.28. The van der Waals surface area contributed by atoms with E-state index in [2.05, 4.69) is 9.97 Å². The number of ether oxygens (including phenoxy) is 2. The second-order valence-corrected chi connectivity index (χ2v) is 5.16. The van der Waals surface area contributed by atoms with Gasteiger partial charge in [0.05, 0.1) is 25.8 Å². The molecular formula is C14H14N2O4S. The van der Waals surface area contributed by atoms with Gasteiger partial charge in [0, 0.05) is 4.90 Å². The highest BCUT2D eigenvalue weighted by Crippen LogP contribution is 2.29. The predicted octanol–water partition coefficient (Wildman–Crippen LogP) is 2.65. The second kappa shape index (κ2) is 6.45. The highest BCUT2D eigenvalue weighted by Gasteiger charge is 2.11. The Morgan fingerprint density at radius 2 is 1.76 bits per heavy atom. The molecule has 0 aliphatic carbocycles. The van der Waals surface area contributed by atoms with E-state index in [4.69, 9.17) is 14.6 Å². The molecule has 1 aromatic heterocycles. The van der Waals surface area contributed by atoms with Gasteiger partial charge in [0.25, 0.3) is 0 Å². The van der Waals surface area contributed by atoms with Crippen molar-refractivity contribution >= 4 is 17.7 Å². The summed E-state index contributed by atoms with van der Waals surface area (Å²) >= 11 is 1.24. The van der Waals surface area contributed by atoms with Gasteiger partial charge >= 0.3 is 5.97 Å². The van der Waals surface area contributed by atoms with Crippen molar-refractivity contribution < 1.29 is 19.4 Å². The van der Waals surface area contributed by atoms with Crippen LogP contribution in [0, 0.1) is 6.92 Å². The fraction of sp³-hybridized carbons (Fsp3) is 0.214. The van der Waals surface area contributed by atoms with E-state index in [0.29, 0.717) is 22.5 Å². The maximum absolute atomic E-state index is 11.1. The Balaban J connectivity index is 2.33. The van der Waals surface area contributed by atoms with E-state index in [1.54, 1.807) is 25.1 Å². The molecular weight excluding hydrogens is 292 g/mol. The minimum Gasteiger partial charge on any atom is -0.481 e. The number of rotatable bonds is 5. The zero-order valence-corrected chi connectivity index (χ0v) is 12.6. The molecule has 1 heterocycles. The van der Waals surface area contributed by atoms with Crippen LogP contribution in [0.25, 0.3) is 0 Å². The van der Waals surface area contributed by atoms with Gasteiger partial charge in [0.1, 0.15) is 0 Å². The molecule has 0 aliphatic rings. The fourth-order valence-electron chi connectivity index (χ4n) is 1.64. The molecule has 0 amide bonds. The number of methoxy groups -OCH3 is 2. The molecule has 0 spiro atoms. The van der Waals surface area contributed by atoms with Crippen molar-refractivity contribution in [3.05, 3.63) is 35.4 Å². The van der Waals surface area contributed by atoms with Gasteiger partial charge in [-0.15, -0.1) is 0 Å². The number of carboxylic acid groups (broad SMARTS) is 1. The number of aryl methyl sites for hydroxylation is 1. The minimum absolute atomic E-state index is 0.259. The van der Waals surface area contributed by atoms with E-state index in [-0.39, 0.29) is 5.56 Å². The molecule has 0 fully saturated rings. The summed E-state index contributed by atoms with van der Waals surface area (Å²) in [4.78, 5) is 20.3. The molecule has 0 radical (unpaired) electrons. The first kappa shape index (κ1) is 15.1. The van der Waals surface area contributed by atoms with Crippen LogP contribution in [0.5, 0.6) is 11.8 Å². The molecule has 0 aliphatic heterocycles. The second-order valence-electron chi connectivity index (χ2n) is 4.12. The van der Waals surface area contributed by atoms with Crippen molar-refractivity contribution in [1.29, 1.82) is 0 Å². The molecule has 0 saturated carbocycles. The summed E-state index contributed by atoms with van der Waals surface area (Å²) in [7, 11) is 3.01. The molecule has 110 valence electrons. The number of hydrogen-bond donors (Lipinski definition) is 1.